The minimum Gasteiger partial charge on any atom is -0.379 e. The third-order valence-electron chi connectivity index (χ3n) is 4.01. The molecule has 5 heteroatoms. The van der Waals surface area contributed by atoms with E-state index in [9.17, 15) is 8.42 Å². The number of sulfone groups is 1. The van der Waals surface area contributed by atoms with Gasteiger partial charge in [-0.05, 0) is 30.0 Å². The molecule has 0 bridgehead atoms. The molecule has 1 saturated heterocycles. The van der Waals surface area contributed by atoms with E-state index < -0.39 is 9.84 Å². The van der Waals surface area contributed by atoms with Gasteiger partial charge < -0.3 is 10.5 Å². The number of nitrogens with two attached hydrogens (primary N) is 1. The van der Waals surface area contributed by atoms with E-state index in [-0.39, 0.29) is 11.2 Å². The van der Waals surface area contributed by atoms with Gasteiger partial charge in [0.1, 0.15) is 0 Å². The van der Waals surface area contributed by atoms with E-state index in [1.165, 1.54) is 0 Å². The van der Waals surface area contributed by atoms with Crippen molar-refractivity contribution < 1.29 is 13.2 Å². The maximum atomic E-state index is 11.9. The Hall–Kier alpha value is -0.910. The summed E-state index contributed by atoms with van der Waals surface area (Å²) in [5.41, 5.74) is 7.79. The maximum Gasteiger partial charge on any atom is 0.178 e. The summed E-state index contributed by atoms with van der Waals surface area (Å²) >= 11 is 0. The molecule has 1 aromatic rings. The van der Waals surface area contributed by atoms with Crippen molar-refractivity contribution in [3.8, 4) is 0 Å². The lowest BCUT2D eigenvalue weighted by Crippen LogP contribution is -2.52. The summed E-state index contributed by atoms with van der Waals surface area (Å²) < 4.78 is 29.1. The molecule has 2 aliphatic heterocycles. The minimum absolute atomic E-state index is 0.101. The summed E-state index contributed by atoms with van der Waals surface area (Å²) in [6.07, 6.45) is 1.55. The molecule has 2 heterocycles. The van der Waals surface area contributed by atoms with Crippen LogP contribution in [0.1, 0.15) is 17.5 Å². The molecule has 0 amide bonds. The van der Waals surface area contributed by atoms with Crippen LogP contribution in [0, 0.1) is 0 Å². The second kappa shape index (κ2) is 4.05. The van der Waals surface area contributed by atoms with Crippen molar-refractivity contribution in [1.82, 2.24) is 0 Å². The summed E-state index contributed by atoms with van der Waals surface area (Å²) in [5, 5.41) is 0. The first-order chi connectivity index (χ1) is 8.57. The van der Waals surface area contributed by atoms with E-state index in [0.29, 0.717) is 31.1 Å². The monoisotopic (exact) mass is 267 g/mol. The molecule has 2 aliphatic rings. The number of ether oxygens (including phenoxy) is 1. The first-order valence-corrected chi connectivity index (χ1v) is 7.87. The van der Waals surface area contributed by atoms with Gasteiger partial charge in [-0.25, -0.2) is 8.42 Å². The molecule has 3 rings (SSSR count). The SMILES string of the molecule is NCC1(c2ccc3c(c2)CCCS3(=O)=O)COC1. The molecule has 18 heavy (non-hydrogen) atoms. The predicted molar refractivity (Wildman–Crippen MR) is 68.4 cm³/mol. The van der Waals surface area contributed by atoms with Gasteiger partial charge >= 0.3 is 0 Å². The van der Waals surface area contributed by atoms with Crippen LogP contribution in [0.4, 0.5) is 0 Å². The van der Waals surface area contributed by atoms with Crippen molar-refractivity contribution in [1.29, 1.82) is 0 Å². The quantitative estimate of drug-likeness (QED) is 0.853. The fourth-order valence-corrected chi connectivity index (χ4v) is 4.30. The van der Waals surface area contributed by atoms with Gasteiger partial charge in [0.25, 0.3) is 0 Å². The van der Waals surface area contributed by atoms with Crippen molar-refractivity contribution in [3.05, 3.63) is 29.3 Å². The zero-order valence-electron chi connectivity index (χ0n) is 10.2. The largest absolute Gasteiger partial charge is 0.379 e. The highest BCUT2D eigenvalue weighted by Gasteiger charge is 2.39. The standard InChI is InChI=1S/C13H17NO3S/c14-7-13(8-17-9-13)11-3-4-12-10(6-11)2-1-5-18(12,15)16/h3-4,6H,1-2,5,7-9,14H2. The maximum absolute atomic E-state index is 11.9. The minimum atomic E-state index is -3.06. The topological polar surface area (TPSA) is 69.4 Å². The molecule has 4 nitrogen and oxygen atoms in total. The Bertz CT molecular complexity index is 570. The van der Waals surface area contributed by atoms with E-state index in [1.807, 2.05) is 12.1 Å². The van der Waals surface area contributed by atoms with Crippen LogP contribution >= 0.6 is 0 Å². The summed E-state index contributed by atoms with van der Waals surface area (Å²) in [7, 11) is -3.06. The van der Waals surface area contributed by atoms with Crippen LogP contribution in [0.25, 0.3) is 0 Å². The molecule has 0 saturated carbocycles. The van der Waals surface area contributed by atoms with E-state index in [4.69, 9.17) is 10.5 Å². The molecule has 1 aromatic carbocycles. The van der Waals surface area contributed by atoms with E-state index in [1.54, 1.807) is 6.07 Å². The molecule has 0 spiro atoms. The van der Waals surface area contributed by atoms with Crippen LogP contribution < -0.4 is 5.73 Å². The average molecular weight is 267 g/mol. The van der Waals surface area contributed by atoms with E-state index in [0.717, 1.165) is 17.5 Å². The Labute approximate surface area is 107 Å². The molecule has 0 aliphatic carbocycles. The van der Waals surface area contributed by atoms with Gasteiger partial charge in [-0.2, -0.15) is 0 Å². The Morgan fingerprint density at radius 2 is 2.11 bits per heavy atom. The Morgan fingerprint density at radius 1 is 1.33 bits per heavy atom. The van der Waals surface area contributed by atoms with Gasteiger partial charge in [0.15, 0.2) is 9.84 Å². The van der Waals surface area contributed by atoms with Gasteiger partial charge in [0.2, 0.25) is 0 Å². The number of hydrogen-bond acceptors (Lipinski definition) is 4. The number of hydrogen-bond donors (Lipinski definition) is 1. The van der Waals surface area contributed by atoms with Gasteiger partial charge in [-0.15, -0.1) is 0 Å². The first-order valence-electron chi connectivity index (χ1n) is 6.21. The second-order valence-electron chi connectivity index (χ2n) is 5.22. The van der Waals surface area contributed by atoms with Crippen LogP contribution in [-0.4, -0.2) is 33.9 Å². The lowest BCUT2D eigenvalue weighted by Gasteiger charge is -2.41. The van der Waals surface area contributed by atoms with Crippen LogP contribution in [0.15, 0.2) is 23.1 Å². The van der Waals surface area contributed by atoms with E-state index >= 15 is 0 Å². The predicted octanol–water partition coefficient (Wildman–Crippen LogP) is 0.633. The van der Waals surface area contributed by atoms with E-state index in [2.05, 4.69) is 0 Å². The Morgan fingerprint density at radius 3 is 2.72 bits per heavy atom. The molecule has 1 fully saturated rings. The highest BCUT2D eigenvalue weighted by Crippen LogP contribution is 2.35. The average Bonchev–Trinajstić information content (AvgIpc) is 2.27. The third kappa shape index (κ3) is 1.69. The summed E-state index contributed by atoms with van der Waals surface area (Å²) in [6, 6.07) is 5.66. The smallest absolute Gasteiger partial charge is 0.178 e. The molecule has 0 unspecified atom stereocenters. The van der Waals surface area contributed by atoms with Crippen molar-refractivity contribution in [2.24, 2.45) is 5.73 Å². The molecule has 2 N–H and O–H groups in total. The number of aryl methyl sites for hydroxylation is 1. The van der Waals surface area contributed by atoms with Gasteiger partial charge in [0.05, 0.1) is 29.3 Å². The lowest BCUT2D eigenvalue weighted by molar-refractivity contribution is -0.0550. The highest BCUT2D eigenvalue weighted by atomic mass is 32.2. The third-order valence-corrected chi connectivity index (χ3v) is 5.91. The van der Waals surface area contributed by atoms with Crippen molar-refractivity contribution in [2.75, 3.05) is 25.5 Å². The summed E-state index contributed by atoms with van der Waals surface area (Å²) in [5.74, 6) is 0.268. The fraction of sp³-hybridized carbons (Fsp3) is 0.538. The van der Waals surface area contributed by atoms with Gasteiger partial charge in [-0.1, -0.05) is 12.1 Å². The zero-order chi connectivity index (χ0) is 12.8. The van der Waals surface area contributed by atoms with Crippen molar-refractivity contribution in [3.63, 3.8) is 0 Å². The molecule has 0 aromatic heterocycles. The van der Waals surface area contributed by atoms with Crippen LogP contribution in [0.5, 0.6) is 0 Å². The normalized spacial score (nSPS) is 24.1. The van der Waals surface area contributed by atoms with Crippen LogP contribution in [0.2, 0.25) is 0 Å². The summed E-state index contributed by atoms with van der Waals surface area (Å²) in [6.45, 7) is 1.81. The number of benzene rings is 1. The lowest BCUT2D eigenvalue weighted by atomic mass is 9.78. The fourth-order valence-electron chi connectivity index (χ4n) is 2.72. The molecule has 0 atom stereocenters. The molecular weight excluding hydrogens is 250 g/mol. The second-order valence-corrected chi connectivity index (χ2v) is 7.30. The summed E-state index contributed by atoms with van der Waals surface area (Å²) in [4.78, 5) is 0.505. The molecule has 0 radical (unpaired) electrons. The Balaban J connectivity index is 2.07. The first kappa shape index (κ1) is 12.1. The van der Waals surface area contributed by atoms with Crippen molar-refractivity contribution in [2.45, 2.75) is 23.2 Å². The van der Waals surface area contributed by atoms with Crippen molar-refractivity contribution >= 4 is 9.84 Å². The van der Waals surface area contributed by atoms with Crippen LogP contribution in [0.3, 0.4) is 0 Å². The molecular formula is C13H17NO3S. The molecule has 98 valence electrons. The van der Waals surface area contributed by atoms with Gasteiger partial charge in [-0.3, -0.25) is 0 Å². The number of fused-ring (bicyclic) bond motifs is 1. The van der Waals surface area contributed by atoms with Gasteiger partial charge in [0, 0.05) is 6.54 Å². The Kier molecular flexibility index (Phi) is 2.73. The number of rotatable bonds is 2. The zero-order valence-corrected chi connectivity index (χ0v) is 11.0. The van der Waals surface area contributed by atoms with Crippen LogP contribution in [-0.2, 0) is 26.4 Å². The highest BCUT2D eigenvalue weighted by molar-refractivity contribution is 7.91.